The largest absolute Gasteiger partial charge is 0.390 e. The van der Waals surface area contributed by atoms with Crippen molar-refractivity contribution in [2.75, 3.05) is 0 Å². The Hall–Kier alpha value is -1.27. The highest BCUT2D eigenvalue weighted by atomic mass is 19.3. The highest BCUT2D eigenvalue weighted by Crippen LogP contribution is 2.18. The lowest BCUT2D eigenvalue weighted by molar-refractivity contribution is 0.148. The molecule has 1 aromatic heterocycles. The molecule has 6 heteroatoms. The van der Waals surface area contributed by atoms with Crippen LogP contribution in [0, 0.1) is 0 Å². The quantitative estimate of drug-likeness (QED) is 0.660. The molecule has 1 heterocycles. The van der Waals surface area contributed by atoms with E-state index in [9.17, 15) is 13.6 Å². The molecular formula is C8H10F2N2O2. The molecule has 0 bridgehead atoms. The first-order valence-electron chi connectivity index (χ1n) is 3.94. The fourth-order valence-corrected chi connectivity index (χ4v) is 1.18. The molecule has 4 nitrogen and oxygen atoms in total. The number of hydrogen-bond donors (Lipinski definition) is 3. The van der Waals surface area contributed by atoms with Gasteiger partial charge in [-0.2, -0.15) is 0 Å². The van der Waals surface area contributed by atoms with E-state index in [1.807, 2.05) is 0 Å². The third kappa shape index (κ3) is 1.97. The molecule has 4 N–H and O–H groups in total. The predicted molar refractivity (Wildman–Crippen MR) is 45.8 cm³/mol. The van der Waals surface area contributed by atoms with Gasteiger partial charge in [0.15, 0.2) is 0 Å². The summed E-state index contributed by atoms with van der Waals surface area (Å²) in [7, 11) is 0. The van der Waals surface area contributed by atoms with Gasteiger partial charge in [0.2, 0.25) is 0 Å². The third-order valence-corrected chi connectivity index (χ3v) is 1.82. The minimum absolute atomic E-state index is 0.0628. The van der Waals surface area contributed by atoms with Gasteiger partial charge < -0.3 is 15.8 Å². The molecular weight excluding hydrogens is 194 g/mol. The average molecular weight is 204 g/mol. The van der Waals surface area contributed by atoms with Crippen LogP contribution >= 0.6 is 0 Å². The van der Waals surface area contributed by atoms with Gasteiger partial charge in [-0.1, -0.05) is 0 Å². The van der Waals surface area contributed by atoms with Crippen molar-refractivity contribution < 1.29 is 13.9 Å². The Balaban J connectivity index is 3.35. The first-order valence-corrected chi connectivity index (χ1v) is 3.94. The molecule has 0 spiro atoms. The molecule has 0 aliphatic heterocycles. The van der Waals surface area contributed by atoms with Crippen LogP contribution in [-0.2, 0) is 13.2 Å². The zero-order chi connectivity index (χ0) is 10.7. The smallest absolute Gasteiger partial charge is 0.269 e. The van der Waals surface area contributed by atoms with Crippen LogP contribution in [0.3, 0.4) is 0 Å². The zero-order valence-electron chi connectivity index (χ0n) is 7.26. The molecule has 0 atom stereocenters. The van der Waals surface area contributed by atoms with Gasteiger partial charge in [-0.25, -0.2) is 8.78 Å². The van der Waals surface area contributed by atoms with E-state index in [-0.39, 0.29) is 17.8 Å². The zero-order valence-corrected chi connectivity index (χ0v) is 7.26. The lowest BCUT2D eigenvalue weighted by Gasteiger charge is -2.07. The molecule has 0 saturated heterocycles. The Morgan fingerprint density at radius 2 is 2.21 bits per heavy atom. The van der Waals surface area contributed by atoms with E-state index in [0.717, 1.165) is 0 Å². The van der Waals surface area contributed by atoms with E-state index >= 15 is 0 Å². The van der Waals surface area contributed by atoms with Crippen molar-refractivity contribution in [1.29, 1.82) is 0 Å². The molecule has 0 unspecified atom stereocenters. The van der Waals surface area contributed by atoms with Gasteiger partial charge in [-0.3, -0.25) is 4.79 Å². The molecule has 78 valence electrons. The summed E-state index contributed by atoms with van der Waals surface area (Å²) in [5, 5.41) is 8.71. The maximum Gasteiger partial charge on any atom is 0.269 e. The number of nitrogens with two attached hydrogens (primary N) is 1. The van der Waals surface area contributed by atoms with Crippen molar-refractivity contribution in [2.24, 2.45) is 5.73 Å². The summed E-state index contributed by atoms with van der Waals surface area (Å²) in [5.41, 5.74) is 3.94. The van der Waals surface area contributed by atoms with Gasteiger partial charge in [0, 0.05) is 12.2 Å². The topological polar surface area (TPSA) is 79.1 Å². The average Bonchev–Trinajstić information content (AvgIpc) is 2.15. The summed E-state index contributed by atoms with van der Waals surface area (Å²) in [4.78, 5) is 13.3. The van der Waals surface area contributed by atoms with Crippen LogP contribution in [0.15, 0.2) is 10.9 Å². The number of H-pyrrole nitrogens is 1. The number of halogens is 2. The van der Waals surface area contributed by atoms with Gasteiger partial charge in [0.05, 0.1) is 12.2 Å². The summed E-state index contributed by atoms with van der Waals surface area (Å²) in [6, 6.07) is 1.27. The monoisotopic (exact) mass is 204 g/mol. The number of alkyl halides is 2. The molecule has 1 aromatic rings. The number of pyridine rings is 1. The summed E-state index contributed by atoms with van der Waals surface area (Å²) in [6.45, 7) is -0.567. The van der Waals surface area contributed by atoms with Crippen LogP contribution in [-0.4, -0.2) is 10.1 Å². The van der Waals surface area contributed by atoms with E-state index in [4.69, 9.17) is 10.8 Å². The number of rotatable bonds is 3. The number of aromatic nitrogens is 1. The SMILES string of the molecule is NCc1cc(CO)[nH]c(=O)c1C(F)F. The van der Waals surface area contributed by atoms with Crippen molar-refractivity contribution in [1.82, 2.24) is 4.98 Å². The van der Waals surface area contributed by atoms with Crippen LogP contribution in [0.4, 0.5) is 8.78 Å². The maximum absolute atomic E-state index is 12.4. The Morgan fingerprint density at radius 3 is 2.64 bits per heavy atom. The van der Waals surface area contributed by atoms with Gasteiger partial charge in [0.25, 0.3) is 12.0 Å². The van der Waals surface area contributed by atoms with Crippen LogP contribution in [0.2, 0.25) is 0 Å². The fraction of sp³-hybridized carbons (Fsp3) is 0.375. The van der Waals surface area contributed by atoms with Crippen LogP contribution < -0.4 is 11.3 Å². The lowest BCUT2D eigenvalue weighted by atomic mass is 10.1. The van der Waals surface area contributed by atoms with E-state index in [2.05, 4.69) is 4.98 Å². The second-order valence-corrected chi connectivity index (χ2v) is 2.73. The number of aliphatic hydroxyl groups excluding tert-OH is 1. The van der Waals surface area contributed by atoms with Crippen molar-refractivity contribution in [3.63, 3.8) is 0 Å². The maximum atomic E-state index is 12.4. The molecule has 0 aliphatic carbocycles. The van der Waals surface area contributed by atoms with Crippen molar-refractivity contribution in [2.45, 2.75) is 19.6 Å². The molecule has 0 radical (unpaired) electrons. The second-order valence-electron chi connectivity index (χ2n) is 2.73. The molecule has 0 saturated carbocycles. The van der Waals surface area contributed by atoms with E-state index in [1.165, 1.54) is 6.07 Å². The molecule has 0 aromatic carbocycles. The minimum Gasteiger partial charge on any atom is -0.390 e. The van der Waals surface area contributed by atoms with Crippen molar-refractivity contribution in [3.8, 4) is 0 Å². The Bertz CT molecular complexity index is 376. The van der Waals surface area contributed by atoms with Crippen molar-refractivity contribution in [3.05, 3.63) is 33.2 Å². The normalized spacial score (nSPS) is 10.9. The highest BCUT2D eigenvalue weighted by molar-refractivity contribution is 5.27. The standard InChI is InChI=1S/C8H10F2N2O2/c9-7(10)6-4(2-11)1-5(3-13)12-8(6)14/h1,7,13H,2-3,11H2,(H,12,14). The molecule has 0 amide bonds. The van der Waals surface area contributed by atoms with Gasteiger partial charge in [-0.15, -0.1) is 0 Å². The Labute approximate surface area is 78.4 Å². The van der Waals surface area contributed by atoms with Crippen LogP contribution in [0.5, 0.6) is 0 Å². The van der Waals surface area contributed by atoms with Crippen molar-refractivity contribution >= 4 is 0 Å². The fourth-order valence-electron chi connectivity index (χ4n) is 1.18. The van der Waals surface area contributed by atoms with E-state index < -0.39 is 24.2 Å². The number of aliphatic hydroxyl groups is 1. The molecule has 0 fully saturated rings. The van der Waals surface area contributed by atoms with E-state index in [0.29, 0.717) is 0 Å². The number of nitrogens with one attached hydrogen (secondary N) is 1. The second kappa shape index (κ2) is 4.30. The third-order valence-electron chi connectivity index (χ3n) is 1.82. The lowest BCUT2D eigenvalue weighted by Crippen LogP contribution is -2.19. The molecule has 14 heavy (non-hydrogen) atoms. The molecule has 0 aliphatic rings. The Morgan fingerprint density at radius 1 is 1.57 bits per heavy atom. The highest BCUT2D eigenvalue weighted by Gasteiger charge is 2.17. The van der Waals surface area contributed by atoms with Crippen LogP contribution in [0.1, 0.15) is 23.2 Å². The van der Waals surface area contributed by atoms with Gasteiger partial charge >= 0.3 is 0 Å². The predicted octanol–water partition coefficient (Wildman–Crippen LogP) is 0.264. The minimum atomic E-state index is -2.86. The summed E-state index contributed by atoms with van der Waals surface area (Å²) in [6.07, 6.45) is -2.86. The van der Waals surface area contributed by atoms with E-state index in [1.54, 1.807) is 0 Å². The summed E-state index contributed by atoms with van der Waals surface area (Å²) in [5.74, 6) is 0. The van der Waals surface area contributed by atoms with Crippen LogP contribution in [0.25, 0.3) is 0 Å². The first-order chi connectivity index (χ1) is 6.60. The summed E-state index contributed by atoms with van der Waals surface area (Å²) < 4.78 is 24.7. The van der Waals surface area contributed by atoms with Gasteiger partial charge in [-0.05, 0) is 11.6 Å². The number of hydrogen-bond acceptors (Lipinski definition) is 3. The number of aromatic amines is 1. The first kappa shape index (κ1) is 10.8. The molecule has 1 rings (SSSR count). The summed E-state index contributed by atoms with van der Waals surface area (Å²) >= 11 is 0. The van der Waals surface area contributed by atoms with Gasteiger partial charge in [0.1, 0.15) is 0 Å². The Kier molecular flexibility index (Phi) is 3.32.